The van der Waals surface area contributed by atoms with Gasteiger partial charge in [0, 0.05) is 17.5 Å². The largest absolute Gasteiger partial charge is 2.00 e. The van der Waals surface area contributed by atoms with Gasteiger partial charge in [-0.05, 0) is 87.7 Å². The first-order valence-corrected chi connectivity index (χ1v) is 24.0. The summed E-state index contributed by atoms with van der Waals surface area (Å²) < 4.78 is 11.0. The molecule has 6 rings (SSSR count). The van der Waals surface area contributed by atoms with E-state index < -0.39 is 30.2 Å². The van der Waals surface area contributed by atoms with E-state index in [9.17, 15) is 24.3 Å². The Morgan fingerprint density at radius 3 is 2.15 bits per heavy atom. The molecule has 0 amide bonds. The number of carbonyl (C=O) groups excluding carboxylic acids is 4. The first kappa shape index (κ1) is 52.6. The molecule has 3 aromatic rings. The van der Waals surface area contributed by atoms with Crippen LogP contribution in [0.3, 0.4) is 0 Å². The first-order valence-electron chi connectivity index (χ1n) is 24.0. The minimum absolute atomic E-state index is 0. The van der Waals surface area contributed by atoms with Crippen LogP contribution in [0, 0.1) is 49.4 Å². The second-order valence-corrected chi connectivity index (χ2v) is 19.4. The van der Waals surface area contributed by atoms with Crippen LogP contribution in [0.4, 0.5) is 0 Å². The summed E-state index contributed by atoms with van der Waals surface area (Å²) in [4.78, 5) is 68.7. The van der Waals surface area contributed by atoms with Crippen LogP contribution in [0.5, 0.6) is 0 Å². The number of aliphatic hydroxyl groups excluding tert-OH is 1. The van der Waals surface area contributed by atoms with Crippen LogP contribution >= 0.6 is 0 Å². The number of carbonyl (C=O) groups is 4. The molecular formula is C54H70MgN4O7-2. The standard InChI is InChI=1S/C54H72N4O7.Mg/c1-11-37-34(7)41-25-45-39(28-59)40(29-60)46(56-45)26-42-35(8)38(51(57-42)49-50(54(63)64-10)53(62)48-36(9)43(58-52(48)49)27-44(37)55-41)21-22-47(61)65-24-23-33(6)20-14-19-32(5)18-13-17-31(4)16-12-15-30(2)3;/h23,25-28,30-32,35,38,50,60H,11-22,24,29H2,1-10H3,(H2-2,55,56,57,58,59,62);/q-2;+2/p-2/b33-23+,42-26-;/t31-,32-,35+,38+,50-;/m1./s1. The van der Waals surface area contributed by atoms with E-state index in [1.54, 1.807) is 12.2 Å². The van der Waals surface area contributed by atoms with Gasteiger partial charge in [-0.15, -0.1) is 33.5 Å². The van der Waals surface area contributed by atoms with Crippen LogP contribution in [-0.2, 0) is 32.1 Å². The summed E-state index contributed by atoms with van der Waals surface area (Å²) in [6.07, 6.45) is 20.2. The number of allylic oxidation sites excluding steroid dienone is 3. The fourth-order valence-corrected chi connectivity index (χ4v) is 10.0. The molecule has 66 heavy (non-hydrogen) atoms. The van der Waals surface area contributed by atoms with E-state index in [2.05, 4.69) is 34.6 Å². The molecule has 0 spiro atoms. The fraction of sp³-hybridized carbons (Fsp3) is 0.556. The van der Waals surface area contributed by atoms with Gasteiger partial charge in [-0.25, -0.2) is 0 Å². The number of methoxy groups -OCH3 is 1. The number of aliphatic hydroxyl groups is 1. The molecule has 5 atom stereocenters. The molecule has 5 heterocycles. The number of hydrogen-bond acceptors (Lipinski definition) is 7. The Labute approximate surface area is 408 Å². The van der Waals surface area contributed by atoms with Crippen LogP contribution in [0.15, 0.2) is 23.0 Å². The predicted molar refractivity (Wildman–Crippen MR) is 261 cm³/mol. The summed E-state index contributed by atoms with van der Waals surface area (Å²) in [5, 5.41) is 17.0. The van der Waals surface area contributed by atoms with Crippen molar-refractivity contribution in [3.8, 4) is 0 Å². The number of aldehydes is 1. The molecule has 1 saturated heterocycles. The third-order valence-electron chi connectivity index (χ3n) is 14.1. The average Bonchev–Trinajstić information content (AvgIpc) is 4.02. The predicted octanol–water partition coefficient (Wildman–Crippen LogP) is 8.72. The van der Waals surface area contributed by atoms with Gasteiger partial charge in [0.1, 0.15) is 18.8 Å². The van der Waals surface area contributed by atoms with Crippen molar-refractivity contribution >= 4 is 70.9 Å². The third-order valence-corrected chi connectivity index (χ3v) is 14.1. The molecule has 352 valence electrons. The van der Waals surface area contributed by atoms with Gasteiger partial charge in [-0.1, -0.05) is 133 Å². The second-order valence-electron chi connectivity index (χ2n) is 19.4. The summed E-state index contributed by atoms with van der Waals surface area (Å²) in [7, 11) is 1.26. The van der Waals surface area contributed by atoms with Crippen molar-refractivity contribution in [2.45, 2.75) is 146 Å². The summed E-state index contributed by atoms with van der Waals surface area (Å²) in [6.45, 7) is 19.0. The van der Waals surface area contributed by atoms with Gasteiger partial charge in [0.2, 0.25) is 0 Å². The van der Waals surface area contributed by atoms with Gasteiger partial charge in [0.25, 0.3) is 0 Å². The smallest absolute Gasteiger partial charge is 0.664 e. The van der Waals surface area contributed by atoms with Crippen molar-refractivity contribution in [1.29, 1.82) is 0 Å². The molecular weight excluding hydrogens is 841 g/mol. The second kappa shape index (κ2) is 23.6. The summed E-state index contributed by atoms with van der Waals surface area (Å²) in [5.41, 5.74) is 7.76. The Bertz CT molecular complexity index is 2480. The Morgan fingerprint density at radius 2 is 1.52 bits per heavy atom. The third kappa shape index (κ3) is 11.6. The zero-order valence-corrected chi connectivity index (χ0v) is 42.6. The minimum Gasteiger partial charge on any atom is -0.664 e. The molecule has 0 radical (unpaired) electrons. The van der Waals surface area contributed by atoms with Gasteiger partial charge in [0.05, 0.1) is 13.7 Å². The van der Waals surface area contributed by atoms with Crippen molar-refractivity contribution < 1.29 is 33.8 Å². The van der Waals surface area contributed by atoms with Gasteiger partial charge in [-0.2, -0.15) is 11.4 Å². The maximum Gasteiger partial charge on any atom is 2.00 e. The van der Waals surface area contributed by atoms with Crippen LogP contribution in [-0.4, -0.2) is 65.9 Å². The quantitative estimate of drug-likeness (QED) is 0.0360. The van der Waals surface area contributed by atoms with Crippen LogP contribution in [0.2, 0.25) is 0 Å². The zero-order chi connectivity index (χ0) is 47.1. The monoisotopic (exact) mass is 911 g/mol. The number of ether oxygens (including phenoxy) is 2. The molecule has 2 aliphatic heterocycles. The Hall–Kier alpha value is -4.39. The molecule has 3 aliphatic rings. The summed E-state index contributed by atoms with van der Waals surface area (Å²) in [6, 6.07) is 0. The van der Waals surface area contributed by atoms with Crippen molar-refractivity contribution in [1.82, 2.24) is 15.0 Å². The molecule has 8 bridgehead atoms. The van der Waals surface area contributed by atoms with E-state index in [1.165, 1.54) is 57.6 Å². The van der Waals surface area contributed by atoms with Crippen molar-refractivity contribution in [3.63, 3.8) is 0 Å². The first-order chi connectivity index (χ1) is 31.1. The molecule has 11 nitrogen and oxygen atoms in total. The van der Waals surface area contributed by atoms with E-state index in [1.807, 2.05) is 39.8 Å². The molecule has 12 heteroatoms. The zero-order valence-electron chi connectivity index (χ0n) is 41.1. The van der Waals surface area contributed by atoms with Crippen LogP contribution < -0.4 is 25.7 Å². The van der Waals surface area contributed by atoms with Crippen molar-refractivity contribution in [2.75, 3.05) is 13.7 Å². The number of nitrogens with zero attached hydrogens (tertiary/aromatic N) is 4. The number of hydrogen-bond donors (Lipinski definition) is 1. The van der Waals surface area contributed by atoms with Gasteiger partial charge in [0.15, 0.2) is 5.78 Å². The Morgan fingerprint density at radius 1 is 0.848 bits per heavy atom. The molecule has 1 N–H and O–H groups in total. The Balaban J connectivity index is 0.00000817. The van der Waals surface area contributed by atoms with Gasteiger partial charge in [-0.3, -0.25) is 19.2 Å². The van der Waals surface area contributed by atoms with Crippen LogP contribution in [0.1, 0.15) is 185 Å². The average molecular weight is 911 g/mol. The van der Waals surface area contributed by atoms with Crippen molar-refractivity contribution in [2.24, 2.45) is 35.5 Å². The molecule has 0 saturated carbocycles. The van der Waals surface area contributed by atoms with E-state index >= 15 is 0 Å². The van der Waals surface area contributed by atoms with Crippen molar-refractivity contribution in [3.05, 3.63) is 95.2 Å². The maximum atomic E-state index is 14.4. The van der Waals surface area contributed by atoms with E-state index in [4.69, 9.17) is 29.7 Å². The van der Waals surface area contributed by atoms with Gasteiger partial charge >= 0.3 is 35.0 Å². The van der Waals surface area contributed by atoms with E-state index in [0.29, 0.717) is 92.2 Å². The Kier molecular flexibility index (Phi) is 18.8. The number of rotatable bonds is 21. The number of esters is 2. The molecule has 0 aromatic carbocycles. The molecule has 1 fully saturated rings. The molecule has 1 aliphatic carbocycles. The normalized spacial score (nSPS) is 21.5. The summed E-state index contributed by atoms with van der Waals surface area (Å²) >= 11 is 0. The number of Topliss-reactive ketones (excluding diaryl/α,β-unsaturated/α-hetero) is 1. The van der Waals surface area contributed by atoms with Gasteiger partial charge < -0.3 is 34.8 Å². The summed E-state index contributed by atoms with van der Waals surface area (Å²) in [5.74, 6) is -1.26. The maximum absolute atomic E-state index is 14.4. The molecule has 0 unspecified atom stereocenters. The SMILES string of the molecule is CCc1c(C)/c2[n-]/c1=C\c1[n-]c3c(c1C)C(=O)[C@H](C(=O)OC)/C3=C1/[N-]/C(=C\c3[n-]c(c(C=O)c3CO)\C=2)[C@@H](C)[C@@H]1CCC(=O)OC/C=C(\C)CCC[C@H](C)CCC[C@H](C)CCCC(C)C.[Mg+2]. The van der Waals surface area contributed by atoms with E-state index in [-0.39, 0.29) is 53.5 Å². The fourth-order valence-electron chi connectivity index (χ4n) is 10.0. The number of ketones is 1. The topological polar surface area (TPSA) is 163 Å². The number of fused-ring (bicyclic) bond motifs is 7. The minimum atomic E-state index is -1.29. The number of aromatic nitrogens is 3. The molecule has 3 aromatic heterocycles. The van der Waals surface area contributed by atoms with Crippen LogP contribution in [0.25, 0.3) is 29.1 Å². The van der Waals surface area contributed by atoms with E-state index in [0.717, 1.165) is 35.8 Å².